The van der Waals surface area contributed by atoms with E-state index in [1.807, 2.05) is 61.5 Å². The van der Waals surface area contributed by atoms with Crippen LogP contribution in [0.4, 0.5) is 5.69 Å². The Morgan fingerprint density at radius 1 is 1.16 bits per heavy atom. The zero-order valence-corrected chi connectivity index (χ0v) is 14.7. The number of hydrogen-bond acceptors (Lipinski definition) is 3. The van der Waals surface area contributed by atoms with E-state index in [0.717, 1.165) is 24.8 Å². The smallest absolute Gasteiger partial charge is 0.224 e. The van der Waals surface area contributed by atoms with Crippen molar-refractivity contribution in [3.05, 3.63) is 60.2 Å². The predicted octanol–water partition coefficient (Wildman–Crippen LogP) is 4.28. The summed E-state index contributed by atoms with van der Waals surface area (Å²) in [5.41, 5.74) is 7.88. The molecule has 3 atom stereocenters. The number of hydrogen-bond donors (Lipinski definition) is 2. The molecule has 3 N–H and O–H groups in total. The van der Waals surface area contributed by atoms with Gasteiger partial charge in [-0.2, -0.15) is 0 Å². The second-order valence-corrected chi connectivity index (χ2v) is 6.77. The molecule has 1 aliphatic rings. The first-order valence-corrected chi connectivity index (χ1v) is 8.99. The number of benzene rings is 2. The molecule has 0 radical (unpaired) electrons. The maximum absolute atomic E-state index is 12.4. The lowest BCUT2D eigenvalue weighted by molar-refractivity contribution is -0.117. The SMILES string of the molecule is CC(Oc1ccccc1NC(=O)C[C@@H]1CCC[C@H]1N)c1ccccc1. The molecule has 1 amide bonds. The fraction of sp³-hybridized carbons (Fsp3) is 0.381. The second-order valence-electron chi connectivity index (χ2n) is 6.77. The number of carbonyl (C=O) groups is 1. The molecule has 0 aliphatic heterocycles. The molecule has 0 aromatic heterocycles. The van der Waals surface area contributed by atoms with E-state index in [1.165, 1.54) is 0 Å². The van der Waals surface area contributed by atoms with Crippen molar-refractivity contribution in [1.82, 2.24) is 0 Å². The van der Waals surface area contributed by atoms with Crippen LogP contribution in [0.3, 0.4) is 0 Å². The first-order valence-electron chi connectivity index (χ1n) is 8.99. The van der Waals surface area contributed by atoms with Crippen LogP contribution in [-0.4, -0.2) is 11.9 Å². The third kappa shape index (κ3) is 4.60. The summed E-state index contributed by atoms with van der Waals surface area (Å²) in [5, 5.41) is 3.00. The zero-order chi connectivity index (χ0) is 17.6. The molecule has 1 fully saturated rings. The third-order valence-corrected chi connectivity index (χ3v) is 4.90. The minimum atomic E-state index is -0.0949. The van der Waals surface area contributed by atoms with Crippen molar-refractivity contribution in [3.63, 3.8) is 0 Å². The number of anilines is 1. The fourth-order valence-corrected chi connectivity index (χ4v) is 3.41. The Kier molecular flexibility index (Phi) is 5.71. The van der Waals surface area contributed by atoms with Gasteiger partial charge in [-0.1, -0.05) is 48.9 Å². The van der Waals surface area contributed by atoms with Crippen LogP contribution in [0.5, 0.6) is 5.75 Å². The molecule has 25 heavy (non-hydrogen) atoms. The molecule has 0 heterocycles. The molecule has 3 rings (SSSR count). The lowest BCUT2D eigenvalue weighted by Gasteiger charge is -2.19. The number of ether oxygens (including phenoxy) is 1. The number of amides is 1. The highest BCUT2D eigenvalue weighted by Gasteiger charge is 2.26. The van der Waals surface area contributed by atoms with Crippen molar-refractivity contribution < 1.29 is 9.53 Å². The summed E-state index contributed by atoms with van der Waals surface area (Å²) < 4.78 is 6.08. The number of rotatable bonds is 6. The summed E-state index contributed by atoms with van der Waals surface area (Å²) >= 11 is 0. The van der Waals surface area contributed by atoms with Crippen LogP contribution >= 0.6 is 0 Å². The molecule has 1 aliphatic carbocycles. The average molecular weight is 338 g/mol. The standard InChI is InChI=1S/C21H26N2O2/c1-15(16-8-3-2-4-9-16)25-20-13-6-5-12-19(20)23-21(24)14-17-10-7-11-18(17)22/h2-6,8-9,12-13,15,17-18H,7,10-11,14,22H2,1H3,(H,23,24)/t15?,17-,18+/m0/s1. The van der Waals surface area contributed by atoms with E-state index >= 15 is 0 Å². The molecule has 0 bridgehead atoms. The summed E-state index contributed by atoms with van der Waals surface area (Å²) in [6.07, 6.45) is 3.56. The summed E-state index contributed by atoms with van der Waals surface area (Å²) in [6.45, 7) is 2.01. The maximum atomic E-state index is 12.4. The van der Waals surface area contributed by atoms with Crippen molar-refractivity contribution in [1.29, 1.82) is 0 Å². The Balaban J connectivity index is 1.65. The van der Waals surface area contributed by atoms with Gasteiger partial charge >= 0.3 is 0 Å². The second kappa shape index (κ2) is 8.17. The van der Waals surface area contributed by atoms with Crippen LogP contribution in [0.2, 0.25) is 0 Å². The van der Waals surface area contributed by atoms with Crippen LogP contribution in [0.15, 0.2) is 54.6 Å². The van der Waals surface area contributed by atoms with Crippen LogP contribution < -0.4 is 15.8 Å². The van der Waals surface area contributed by atoms with Gasteiger partial charge in [0.05, 0.1) is 5.69 Å². The molecular formula is C21H26N2O2. The Morgan fingerprint density at radius 3 is 2.60 bits per heavy atom. The zero-order valence-electron chi connectivity index (χ0n) is 14.7. The Morgan fingerprint density at radius 2 is 1.88 bits per heavy atom. The Hall–Kier alpha value is -2.33. The van der Waals surface area contributed by atoms with Crippen molar-refractivity contribution in [3.8, 4) is 5.75 Å². The molecule has 2 aromatic rings. The molecule has 4 heteroatoms. The lowest BCUT2D eigenvalue weighted by atomic mass is 10.00. The third-order valence-electron chi connectivity index (χ3n) is 4.90. The maximum Gasteiger partial charge on any atom is 0.224 e. The van der Waals surface area contributed by atoms with Crippen LogP contribution in [0, 0.1) is 5.92 Å². The molecule has 0 saturated heterocycles. The predicted molar refractivity (Wildman–Crippen MR) is 100 cm³/mol. The first-order chi connectivity index (χ1) is 12.1. The molecular weight excluding hydrogens is 312 g/mol. The highest BCUT2D eigenvalue weighted by atomic mass is 16.5. The first kappa shape index (κ1) is 17.5. The number of carbonyl (C=O) groups excluding carboxylic acids is 1. The van der Waals surface area contributed by atoms with Gasteiger partial charge in [-0.25, -0.2) is 0 Å². The highest BCUT2D eigenvalue weighted by Crippen LogP contribution is 2.31. The van der Waals surface area contributed by atoms with Gasteiger partial charge < -0.3 is 15.8 Å². The van der Waals surface area contributed by atoms with Gasteiger partial charge in [0.15, 0.2) is 0 Å². The molecule has 2 aromatic carbocycles. The minimum absolute atomic E-state index is 0.00534. The molecule has 132 valence electrons. The summed E-state index contributed by atoms with van der Waals surface area (Å²) in [5.74, 6) is 0.977. The topological polar surface area (TPSA) is 64.3 Å². The van der Waals surface area contributed by atoms with Gasteiger partial charge in [0.2, 0.25) is 5.91 Å². The van der Waals surface area contributed by atoms with Gasteiger partial charge in [-0.3, -0.25) is 4.79 Å². The Labute approximate surface area is 149 Å². The van der Waals surface area contributed by atoms with E-state index in [0.29, 0.717) is 17.9 Å². The van der Waals surface area contributed by atoms with Crippen molar-refractivity contribution in [2.24, 2.45) is 11.7 Å². The monoisotopic (exact) mass is 338 g/mol. The van der Waals surface area contributed by atoms with E-state index < -0.39 is 0 Å². The quantitative estimate of drug-likeness (QED) is 0.826. The van der Waals surface area contributed by atoms with E-state index in [2.05, 4.69) is 5.32 Å². The normalized spacial score (nSPS) is 20.9. The van der Waals surface area contributed by atoms with E-state index in [4.69, 9.17) is 10.5 Å². The van der Waals surface area contributed by atoms with Crippen LogP contribution in [0.1, 0.15) is 44.3 Å². The van der Waals surface area contributed by atoms with Gasteiger partial charge in [-0.15, -0.1) is 0 Å². The van der Waals surface area contributed by atoms with Crippen LogP contribution in [-0.2, 0) is 4.79 Å². The van der Waals surface area contributed by atoms with E-state index in [9.17, 15) is 4.79 Å². The number of nitrogens with one attached hydrogen (secondary N) is 1. The number of para-hydroxylation sites is 2. The van der Waals surface area contributed by atoms with E-state index in [1.54, 1.807) is 0 Å². The van der Waals surface area contributed by atoms with Gasteiger partial charge in [0.1, 0.15) is 11.9 Å². The minimum Gasteiger partial charge on any atom is -0.484 e. The molecule has 1 saturated carbocycles. The fourth-order valence-electron chi connectivity index (χ4n) is 3.41. The van der Waals surface area contributed by atoms with Crippen molar-refractivity contribution >= 4 is 11.6 Å². The number of nitrogens with two attached hydrogens (primary N) is 1. The summed E-state index contributed by atoms with van der Waals surface area (Å²) in [6, 6.07) is 17.8. The van der Waals surface area contributed by atoms with Crippen LogP contribution in [0.25, 0.3) is 0 Å². The van der Waals surface area contributed by atoms with Gasteiger partial charge in [0, 0.05) is 12.5 Å². The van der Waals surface area contributed by atoms with Gasteiger partial charge in [0.25, 0.3) is 0 Å². The molecule has 0 spiro atoms. The molecule has 1 unspecified atom stereocenters. The largest absolute Gasteiger partial charge is 0.484 e. The van der Waals surface area contributed by atoms with Crippen molar-refractivity contribution in [2.45, 2.75) is 44.8 Å². The van der Waals surface area contributed by atoms with Crippen molar-refractivity contribution in [2.75, 3.05) is 5.32 Å². The average Bonchev–Trinajstić information content (AvgIpc) is 3.02. The van der Waals surface area contributed by atoms with E-state index in [-0.39, 0.29) is 24.0 Å². The lowest BCUT2D eigenvalue weighted by Crippen LogP contribution is -2.28. The summed E-state index contributed by atoms with van der Waals surface area (Å²) in [4.78, 5) is 12.4. The Bertz CT molecular complexity index is 702. The summed E-state index contributed by atoms with van der Waals surface area (Å²) in [7, 11) is 0. The molecule has 4 nitrogen and oxygen atoms in total. The highest BCUT2D eigenvalue weighted by molar-refractivity contribution is 5.92. The van der Waals surface area contributed by atoms with Gasteiger partial charge in [-0.05, 0) is 43.4 Å².